The lowest BCUT2D eigenvalue weighted by Crippen LogP contribution is -2.19. The molecule has 0 aliphatic rings. The molecule has 0 aliphatic carbocycles. The van der Waals surface area contributed by atoms with E-state index in [-0.39, 0.29) is 18.8 Å². The van der Waals surface area contributed by atoms with Gasteiger partial charge in [-0.3, -0.25) is 4.55 Å². The number of ether oxygens (including phenoxy) is 2. The number of allylic oxidation sites excluding steroid dienone is 4. The monoisotopic (exact) mass is 494 g/mol. The van der Waals surface area contributed by atoms with Crippen LogP contribution < -0.4 is 0 Å². The van der Waals surface area contributed by atoms with E-state index < -0.39 is 32.5 Å². The summed E-state index contributed by atoms with van der Waals surface area (Å²) >= 11 is 0. The summed E-state index contributed by atoms with van der Waals surface area (Å²) in [7, 11) is -4.74. The van der Waals surface area contributed by atoms with Gasteiger partial charge in [0.15, 0.2) is 0 Å². The van der Waals surface area contributed by atoms with Crippen molar-refractivity contribution in [3.05, 3.63) is 53.6 Å². The maximum absolute atomic E-state index is 12.7. The fourth-order valence-electron chi connectivity index (χ4n) is 3.38. The highest BCUT2D eigenvalue weighted by atomic mass is 32.2. The minimum absolute atomic E-state index is 0.0873. The average Bonchev–Trinajstić information content (AvgIpc) is 2.81. The Morgan fingerprint density at radius 2 is 1.29 bits per heavy atom. The van der Waals surface area contributed by atoms with Crippen molar-refractivity contribution in [3.8, 4) is 0 Å². The van der Waals surface area contributed by atoms with Gasteiger partial charge in [0.2, 0.25) is 0 Å². The van der Waals surface area contributed by atoms with E-state index in [4.69, 9.17) is 9.47 Å². The number of hydrogen-bond acceptors (Lipinski definition) is 6. The van der Waals surface area contributed by atoms with Crippen LogP contribution in [0.25, 0.3) is 0 Å². The molecule has 190 valence electrons. The normalized spacial score (nSPS) is 11.9. The van der Waals surface area contributed by atoms with Gasteiger partial charge in [-0.05, 0) is 64.5 Å². The Labute approximate surface area is 204 Å². The molecular weight excluding hydrogens is 456 g/mol. The lowest BCUT2D eigenvalue weighted by molar-refractivity contribution is 0.0446. The molecule has 0 aliphatic heterocycles. The van der Waals surface area contributed by atoms with Crippen molar-refractivity contribution in [2.24, 2.45) is 0 Å². The zero-order chi connectivity index (χ0) is 25.2. The van der Waals surface area contributed by atoms with Crippen molar-refractivity contribution in [1.82, 2.24) is 0 Å². The van der Waals surface area contributed by atoms with Crippen molar-refractivity contribution in [1.29, 1.82) is 0 Å². The van der Waals surface area contributed by atoms with Gasteiger partial charge in [0.25, 0.3) is 10.1 Å². The van der Waals surface area contributed by atoms with Gasteiger partial charge in [-0.1, -0.05) is 56.1 Å². The van der Waals surface area contributed by atoms with Crippen LogP contribution in [0.2, 0.25) is 0 Å². The number of esters is 2. The van der Waals surface area contributed by atoms with E-state index in [9.17, 15) is 22.6 Å². The van der Waals surface area contributed by atoms with Gasteiger partial charge in [-0.25, -0.2) is 9.59 Å². The number of rotatable bonds is 17. The molecule has 1 aromatic rings. The summed E-state index contributed by atoms with van der Waals surface area (Å²) in [4.78, 5) is 24.6. The maximum Gasteiger partial charge on any atom is 0.340 e. The maximum atomic E-state index is 12.7. The van der Waals surface area contributed by atoms with Crippen LogP contribution in [0.4, 0.5) is 0 Å². The third kappa shape index (κ3) is 11.6. The molecule has 0 spiro atoms. The molecule has 0 atom stereocenters. The molecule has 1 aromatic carbocycles. The molecule has 1 N–H and O–H groups in total. The summed E-state index contributed by atoms with van der Waals surface area (Å²) in [6.07, 6.45) is 17.3. The predicted octanol–water partition coefficient (Wildman–Crippen LogP) is 6.30. The molecule has 7 nitrogen and oxygen atoms in total. The van der Waals surface area contributed by atoms with Crippen molar-refractivity contribution in [2.45, 2.75) is 83.0 Å². The zero-order valence-corrected chi connectivity index (χ0v) is 21.1. The molecule has 0 bridgehead atoms. The van der Waals surface area contributed by atoms with Crippen LogP contribution in [0.3, 0.4) is 0 Å². The lowest BCUT2D eigenvalue weighted by atomic mass is 10.1. The average molecular weight is 495 g/mol. The summed E-state index contributed by atoms with van der Waals surface area (Å²) in [6, 6.07) is 3.64. The molecule has 0 fully saturated rings. The molecular formula is C26H38O7S. The van der Waals surface area contributed by atoms with Crippen LogP contribution in [0.1, 0.15) is 98.8 Å². The van der Waals surface area contributed by atoms with Gasteiger partial charge in [0.1, 0.15) is 4.90 Å². The van der Waals surface area contributed by atoms with Crippen LogP contribution in [-0.4, -0.2) is 38.1 Å². The van der Waals surface area contributed by atoms with Crippen molar-refractivity contribution in [2.75, 3.05) is 13.2 Å². The second-order valence-electron chi connectivity index (χ2n) is 7.97. The number of carbonyl (C=O) groups is 2. The largest absolute Gasteiger partial charge is 0.462 e. The summed E-state index contributed by atoms with van der Waals surface area (Å²) in [5.74, 6) is -1.80. The van der Waals surface area contributed by atoms with Gasteiger partial charge in [-0.2, -0.15) is 8.42 Å². The summed E-state index contributed by atoms with van der Waals surface area (Å²) < 4.78 is 43.7. The predicted molar refractivity (Wildman–Crippen MR) is 133 cm³/mol. The second kappa shape index (κ2) is 17.1. The molecule has 0 unspecified atom stereocenters. The molecule has 34 heavy (non-hydrogen) atoms. The van der Waals surface area contributed by atoms with Gasteiger partial charge in [0.05, 0.1) is 24.3 Å². The number of carbonyl (C=O) groups excluding carboxylic acids is 2. The van der Waals surface area contributed by atoms with Crippen LogP contribution >= 0.6 is 0 Å². The molecule has 8 heteroatoms. The number of unbranched alkanes of at least 4 members (excludes halogenated alkanes) is 8. The van der Waals surface area contributed by atoms with Gasteiger partial charge in [0, 0.05) is 0 Å². The summed E-state index contributed by atoms with van der Waals surface area (Å²) in [5, 5.41) is 0. The molecule has 0 heterocycles. The summed E-state index contributed by atoms with van der Waals surface area (Å²) in [6.45, 7) is 4.19. The highest BCUT2D eigenvalue weighted by Gasteiger charge is 2.28. The highest BCUT2D eigenvalue weighted by molar-refractivity contribution is 7.86. The zero-order valence-electron chi connectivity index (χ0n) is 20.3. The van der Waals surface area contributed by atoms with Crippen LogP contribution in [-0.2, 0) is 19.6 Å². The topological polar surface area (TPSA) is 107 Å². The summed E-state index contributed by atoms with van der Waals surface area (Å²) in [5.41, 5.74) is -0.728. The standard InChI is InChI=1S/C26H38O7S/c1-3-5-7-9-11-13-15-20-32-25(27)22-18-17-19-23(34(29,30)31)24(22)26(28)33-21-16-14-12-10-8-6-4-2/h3-6,17-19H,7-16,20-21H2,1-2H3,(H,29,30,31)/b5-3+,6-4+. The highest BCUT2D eigenvalue weighted by Crippen LogP contribution is 2.22. The smallest absolute Gasteiger partial charge is 0.340 e. The lowest BCUT2D eigenvalue weighted by Gasteiger charge is -2.13. The molecule has 1 rings (SSSR count). The van der Waals surface area contributed by atoms with E-state index in [1.807, 2.05) is 26.0 Å². The Hall–Kier alpha value is -2.45. The Balaban J connectivity index is 2.71. The first-order valence-electron chi connectivity index (χ1n) is 12.0. The first-order chi connectivity index (χ1) is 16.3. The van der Waals surface area contributed by atoms with E-state index in [1.165, 1.54) is 12.1 Å². The number of benzene rings is 1. The molecule has 0 amide bonds. The minimum Gasteiger partial charge on any atom is -0.462 e. The van der Waals surface area contributed by atoms with E-state index in [2.05, 4.69) is 12.2 Å². The Morgan fingerprint density at radius 1 is 0.794 bits per heavy atom. The van der Waals surface area contributed by atoms with E-state index >= 15 is 0 Å². The quantitative estimate of drug-likeness (QED) is 0.117. The van der Waals surface area contributed by atoms with Gasteiger partial charge >= 0.3 is 11.9 Å². The third-order valence-corrected chi connectivity index (χ3v) is 6.09. The van der Waals surface area contributed by atoms with Crippen LogP contribution in [0.15, 0.2) is 47.4 Å². The molecule has 0 aromatic heterocycles. The first kappa shape index (κ1) is 29.6. The fraction of sp³-hybridized carbons (Fsp3) is 0.538. The first-order valence-corrected chi connectivity index (χ1v) is 13.4. The Morgan fingerprint density at radius 3 is 1.79 bits per heavy atom. The van der Waals surface area contributed by atoms with Crippen LogP contribution in [0.5, 0.6) is 0 Å². The molecule has 0 saturated heterocycles. The fourth-order valence-corrected chi connectivity index (χ4v) is 4.08. The molecule has 0 radical (unpaired) electrons. The Bertz CT molecular complexity index is 917. The van der Waals surface area contributed by atoms with E-state index in [0.717, 1.165) is 57.4 Å². The van der Waals surface area contributed by atoms with Crippen molar-refractivity contribution >= 4 is 22.1 Å². The van der Waals surface area contributed by atoms with Crippen molar-refractivity contribution < 1.29 is 32.0 Å². The SMILES string of the molecule is C/C=C/CCCCCCOC(=O)c1cccc(S(=O)(=O)O)c1C(=O)OCCCCCC/C=C/C. The van der Waals surface area contributed by atoms with E-state index in [0.29, 0.717) is 12.8 Å². The number of hydrogen-bond donors (Lipinski definition) is 1. The third-order valence-electron chi connectivity index (χ3n) is 5.20. The van der Waals surface area contributed by atoms with Crippen molar-refractivity contribution in [3.63, 3.8) is 0 Å². The van der Waals surface area contributed by atoms with E-state index in [1.54, 1.807) is 0 Å². The van der Waals surface area contributed by atoms with Gasteiger partial charge in [-0.15, -0.1) is 0 Å². The molecule has 0 saturated carbocycles. The Kier molecular flexibility index (Phi) is 14.8. The van der Waals surface area contributed by atoms with Crippen LogP contribution in [0, 0.1) is 0 Å². The van der Waals surface area contributed by atoms with Gasteiger partial charge < -0.3 is 9.47 Å². The minimum atomic E-state index is -4.74. The second-order valence-corrected chi connectivity index (χ2v) is 9.36.